The fraction of sp³-hybridized carbons (Fsp3) is 0.571. The first-order valence-corrected chi connectivity index (χ1v) is 9.50. The van der Waals surface area contributed by atoms with Crippen LogP contribution in [0.3, 0.4) is 0 Å². The molecule has 0 amide bonds. The number of carbonyl (C=O) groups excluding carboxylic acids is 1. The number of esters is 1. The molecule has 1 aromatic carbocycles. The molecule has 2 rings (SSSR count). The molecule has 0 unspecified atom stereocenters. The fourth-order valence-corrected chi connectivity index (χ4v) is 3.47. The van der Waals surface area contributed by atoms with Crippen LogP contribution < -0.4 is 0 Å². The van der Waals surface area contributed by atoms with Crippen molar-refractivity contribution in [3.63, 3.8) is 0 Å². The van der Waals surface area contributed by atoms with Crippen LogP contribution in [0.1, 0.15) is 48.6 Å². The number of aliphatic hydroxyl groups excluding tert-OH is 1. The zero-order chi connectivity index (χ0) is 20.7. The predicted octanol–water partition coefficient (Wildman–Crippen LogP) is 2.64. The summed E-state index contributed by atoms with van der Waals surface area (Å²) >= 11 is 0. The van der Waals surface area contributed by atoms with E-state index in [-0.39, 0.29) is 18.5 Å². The Morgan fingerprint density at radius 1 is 1.32 bits per heavy atom. The Labute approximate surface area is 166 Å². The molecule has 0 aliphatic heterocycles. The number of aryl methyl sites for hydroxylation is 2. The van der Waals surface area contributed by atoms with Gasteiger partial charge in [-0.05, 0) is 56.2 Å². The minimum atomic E-state index is -0.719. The van der Waals surface area contributed by atoms with Crippen molar-refractivity contribution in [3.8, 4) is 0 Å². The summed E-state index contributed by atoms with van der Waals surface area (Å²) in [6.45, 7) is 6.97. The van der Waals surface area contributed by atoms with Gasteiger partial charge in [0.1, 0.15) is 0 Å². The third-order valence-corrected chi connectivity index (χ3v) is 5.33. The van der Waals surface area contributed by atoms with Crippen molar-refractivity contribution in [3.05, 3.63) is 46.8 Å². The maximum absolute atomic E-state index is 12.5. The van der Waals surface area contributed by atoms with Gasteiger partial charge in [0.15, 0.2) is 0 Å². The van der Waals surface area contributed by atoms with Crippen LogP contribution in [0.5, 0.6) is 0 Å². The standard InChI is InChI=1S/C21H31N3O4/c1-15-6-7-16(12-17(15)14-25)19(21(2,3)20(26)28-5)9-8-18-13-24(23-22-18)10-11-27-4/h6-7,12-13,19,25H,8-11,14H2,1-5H3/t19-/m1/s1. The van der Waals surface area contributed by atoms with E-state index in [2.05, 4.69) is 10.3 Å². The zero-order valence-corrected chi connectivity index (χ0v) is 17.4. The SMILES string of the molecule is COCCn1cc(CC[C@H](c2ccc(C)c(CO)c2)C(C)(C)C(=O)OC)nn1. The molecule has 7 nitrogen and oxygen atoms in total. The van der Waals surface area contributed by atoms with Gasteiger partial charge in [0.2, 0.25) is 0 Å². The van der Waals surface area contributed by atoms with Crippen LogP contribution in [0.25, 0.3) is 0 Å². The number of methoxy groups -OCH3 is 2. The van der Waals surface area contributed by atoms with Gasteiger partial charge in [0, 0.05) is 13.3 Å². The molecule has 28 heavy (non-hydrogen) atoms. The first kappa shape index (κ1) is 22.0. The first-order valence-electron chi connectivity index (χ1n) is 9.50. The lowest BCUT2D eigenvalue weighted by Gasteiger charge is -2.32. The number of aromatic nitrogens is 3. The van der Waals surface area contributed by atoms with Crippen molar-refractivity contribution >= 4 is 5.97 Å². The average Bonchev–Trinajstić information content (AvgIpc) is 3.14. The average molecular weight is 389 g/mol. The van der Waals surface area contributed by atoms with Gasteiger partial charge < -0.3 is 14.6 Å². The second-order valence-corrected chi connectivity index (χ2v) is 7.61. The fourth-order valence-electron chi connectivity index (χ4n) is 3.47. The largest absolute Gasteiger partial charge is 0.469 e. The van der Waals surface area contributed by atoms with E-state index in [0.717, 1.165) is 22.4 Å². The number of carbonyl (C=O) groups is 1. The summed E-state index contributed by atoms with van der Waals surface area (Å²) in [7, 11) is 3.07. The maximum atomic E-state index is 12.5. The van der Waals surface area contributed by atoms with Crippen molar-refractivity contribution < 1.29 is 19.4 Å². The molecule has 0 radical (unpaired) electrons. The molecule has 154 valence electrons. The Morgan fingerprint density at radius 3 is 2.71 bits per heavy atom. The molecule has 1 N–H and O–H groups in total. The highest BCUT2D eigenvalue weighted by Crippen LogP contribution is 2.40. The lowest BCUT2D eigenvalue weighted by Crippen LogP contribution is -2.33. The van der Waals surface area contributed by atoms with Crippen molar-refractivity contribution in [2.45, 2.75) is 52.7 Å². The molecule has 0 saturated heterocycles. The van der Waals surface area contributed by atoms with Crippen LogP contribution in [-0.2, 0) is 33.8 Å². The Bertz CT molecular complexity index is 786. The summed E-state index contributed by atoms with van der Waals surface area (Å²) in [4.78, 5) is 12.5. The van der Waals surface area contributed by atoms with Crippen molar-refractivity contribution in [2.75, 3.05) is 20.8 Å². The minimum Gasteiger partial charge on any atom is -0.469 e. The summed E-state index contributed by atoms with van der Waals surface area (Å²) in [5, 5.41) is 18.0. The van der Waals surface area contributed by atoms with Gasteiger partial charge in [-0.15, -0.1) is 5.10 Å². The minimum absolute atomic E-state index is 0.0289. The second-order valence-electron chi connectivity index (χ2n) is 7.61. The van der Waals surface area contributed by atoms with Crippen LogP contribution in [0.15, 0.2) is 24.4 Å². The Kier molecular flexibility index (Phi) is 7.71. The molecule has 0 saturated carbocycles. The van der Waals surface area contributed by atoms with Gasteiger partial charge in [-0.2, -0.15) is 0 Å². The molecule has 1 heterocycles. The van der Waals surface area contributed by atoms with Crippen molar-refractivity contribution in [1.82, 2.24) is 15.0 Å². The highest BCUT2D eigenvalue weighted by Gasteiger charge is 2.38. The van der Waals surface area contributed by atoms with Crippen molar-refractivity contribution in [1.29, 1.82) is 0 Å². The quantitative estimate of drug-likeness (QED) is 0.629. The van der Waals surface area contributed by atoms with E-state index >= 15 is 0 Å². The summed E-state index contributed by atoms with van der Waals surface area (Å²) in [5.41, 5.74) is 3.06. The van der Waals surface area contributed by atoms with E-state index in [1.165, 1.54) is 7.11 Å². The third-order valence-electron chi connectivity index (χ3n) is 5.33. The molecule has 1 atom stereocenters. The Hall–Kier alpha value is -2.25. The van der Waals surface area contributed by atoms with E-state index in [4.69, 9.17) is 9.47 Å². The Balaban J connectivity index is 2.26. The topological polar surface area (TPSA) is 86.5 Å². The molecule has 0 spiro atoms. The molecule has 0 aliphatic rings. The van der Waals surface area contributed by atoms with E-state index in [0.29, 0.717) is 26.0 Å². The lowest BCUT2D eigenvalue weighted by atomic mass is 9.72. The first-order chi connectivity index (χ1) is 13.3. The molecular weight excluding hydrogens is 358 g/mol. The zero-order valence-electron chi connectivity index (χ0n) is 17.4. The van der Waals surface area contributed by atoms with Crippen LogP contribution >= 0.6 is 0 Å². The van der Waals surface area contributed by atoms with Gasteiger partial charge in [-0.25, -0.2) is 4.68 Å². The van der Waals surface area contributed by atoms with Gasteiger partial charge in [-0.1, -0.05) is 23.4 Å². The van der Waals surface area contributed by atoms with Gasteiger partial charge in [0.05, 0.1) is 38.0 Å². The number of hydrogen-bond acceptors (Lipinski definition) is 6. The van der Waals surface area contributed by atoms with Gasteiger partial charge >= 0.3 is 5.97 Å². The van der Waals surface area contributed by atoms with Crippen LogP contribution in [0.4, 0.5) is 0 Å². The number of ether oxygens (including phenoxy) is 2. The van der Waals surface area contributed by atoms with Crippen LogP contribution in [0, 0.1) is 12.3 Å². The van der Waals surface area contributed by atoms with E-state index in [1.54, 1.807) is 11.8 Å². The molecule has 0 fully saturated rings. The lowest BCUT2D eigenvalue weighted by molar-refractivity contribution is -0.152. The molecule has 7 heteroatoms. The van der Waals surface area contributed by atoms with Gasteiger partial charge in [0.25, 0.3) is 0 Å². The summed E-state index contributed by atoms with van der Waals surface area (Å²) in [6.07, 6.45) is 3.30. The number of nitrogens with zero attached hydrogens (tertiary/aromatic N) is 3. The summed E-state index contributed by atoms with van der Waals surface area (Å²) in [6, 6.07) is 6.00. The summed E-state index contributed by atoms with van der Waals surface area (Å²) < 4.78 is 11.9. The number of benzene rings is 1. The summed E-state index contributed by atoms with van der Waals surface area (Å²) in [5.74, 6) is -0.345. The third kappa shape index (κ3) is 5.17. The number of rotatable bonds is 10. The predicted molar refractivity (Wildman–Crippen MR) is 106 cm³/mol. The Morgan fingerprint density at radius 2 is 2.07 bits per heavy atom. The van der Waals surface area contributed by atoms with Crippen molar-refractivity contribution in [2.24, 2.45) is 5.41 Å². The van der Waals surface area contributed by atoms with Crippen LogP contribution in [0.2, 0.25) is 0 Å². The molecule has 1 aromatic heterocycles. The molecule has 0 aliphatic carbocycles. The molecule has 2 aromatic rings. The smallest absolute Gasteiger partial charge is 0.311 e. The number of aliphatic hydroxyl groups is 1. The molecular formula is C21H31N3O4. The van der Waals surface area contributed by atoms with E-state index < -0.39 is 5.41 Å². The number of hydrogen-bond donors (Lipinski definition) is 1. The van der Waals surface area contributed by atoms with E-state index in [9.17, 15) is 9.90 Å². The monoisotopic (exact) mass is 389 g/mol. The molecule has 0 bridgehead atoms. The van der Waals surface area contributed by atoms with Gasteiger partial charge in [-0.3, -0.25) is 4.79 Å². The highest BCUT2D eigenvalue weighted by atomic mass is 16.5. The highest BCUT2D eigenvalue weighted by molar-refractivity contribution is 5.77. The second kappa shape index (κ2) is 9.80. The van der Waals surface area contributed by atoms with Crippen LogP contribution in [-0.4, -0.2) is 46.9 Å². The van der Waals surface area contributed by atoms with E-state index in [1.807, 2.05) is 45.2 Å². The normalized spacial score (nSPS) is 12.8. The maximum Gasteiger partial charge on any atom is 0.311 e.